The second-order valence-corrected chi connectivity index (χ2v) is 5.29. The number of nitrogens with zero attached hydrogens (tertiary/aromatic N) is 1. The van der Waals surface area contributed by atoms with E-state index in [-0.39, 0.29) is 11.3 Å². The molecule has 98 valence electrons. The number of rotatable bonds is 4. The third-order valence-corrected chi connectivity index (χ3v) is 2.75. The van der Waals surface area contributed by atoms with E-state index in [1.165, 1.54) is 19.1 Å². The Bertz CT molecular complexity index is 460. The Morgan fingerprint density at radius 2 is 2.06 bits per heavy atom. The van der Waals surface area contributed by atoms with Crippen molar-refractivity contribution in [2.75, 3.05) is 11.4 Å². The van der Waals surface area contributed by atoms with Crippen LogP contribution < -0.4 is 4.90 Å². The molecule has 0 heterocycles. The lowest BCUT2D eigenvalue weighted by Gasteiger charge is -2.38. The largest absolute Gasteiger partial charge is 0.362 e. The molecule has 0 bridgehead atoms. The molecule has 0 unspecified atom stereocenters. The second kappa shape index (κ2) is 5.34. The maximum absolute atomic E-state index is 13.3. The fourth-order valence-electron chi connectivity index (χ4n) is 1.89. The Kier molecular flexibility index (Phi) is 4.28. The van der Waals surface area contributed by atoms with E-state index in [1.54, 1.807) is 12.1 Å². The molecule has 1 rings (SSSR count). The first-order chi connectivity index (χ1) is 8.27. The number of hydrogen-bond acceptors (Lipinski definition) is 2. The molecule has 0 aromatic heterocycles. The van der Waals surface area contributed by atoms with Gasteiger partial charge in [0.2, 0.25) is 0 Å². The maximum Gasteiger partial charge on any atom is 0.161 e. The Morgan fingerprint density at radius 1 is 1.44 bits per heavy atom. The maximum atomic E-state index is 13.3. The van der Waals surface area contributed by atoms with E-state index in [9.17, 15) is 9.18 Å². The van der Waals surface area contributed by atoms with Crippen molar-refractivity contribution >= 4 is 11.5 Å². The minimum Gasteiger partial charge on any atom is -0.362 e. The number of Topliss-reactive ketones (excluding diaryl/α,β-unsaturated/α-hetero) is 1. The van der Waals surface area contributed by atoms with Crippen molar-refractivity contribution < 1.29 is 9.18 Å². The molecule has 0 spiro atoms. The van der Waals surface area contributed by atoms with Gasteiger partial charge in [0.15, 0.2) is 5.78 Å². The van der Waals surface area contributed by atoms with Gasteiger partial charge in [0.25, 0.3) is 0 Å². The summed E-state index contributed by atoms with van der Waals surface area (Å²) < 4.78 is 13.3. The molecule has 0 aliphatic carbocycles. The van der Waals surface area contributed by atoms with Crippen LogP contribution in [0, 0.1) is 5.82 Å². The summed E-state index contributed by atoms with van der Waals surface area (Å²) in [5, 5.41) is 0. The van der Waals surface area contributed by atoms with E-state index in [2.05, 4.69) is 6.58 Å². The fraction of sp³-hybridized carbons (Fsp3) is 0.400. The molecule has 0 N–H and O–H groups in total. The molecule has 0 saturated carbocycles. The molecule has 0 fully saturated rings. The van der Waals surface area contributed by atoms with Gasteiger partial charge in [0.1, 0.15) is 5.82 Å². The minimum atomic E-state index is -0.392. The highest BCUT2D eigenvalue weighted by Gasteiger charge is 2.24. The molecular formula is C15H20FNO. The molecule has 2 nitrogen and oxygen atoms in total. The van der Waals surface area contributed by atoms with E-state index in [0.29, 0.717) is 12.1 Å². The average Bonchev–Trinajstić information content (AvgIpc) is 2.24. The standard InChI is InChI=1S/C15H20FNO/c1-6-9-17(15(3,4)5)14-8-7-12(16)10-13(14)11(2)18/h6-8,10H,1,9H2,2-5H3. The summed E-state index contributed by atoms with van der Waals surface area (Å²) in [6.45, 7) is 11.9. The molecule has 0 radical (unpaired) electrons. The summed E-state index contributed by atoms with van der Waals surface area (Å²) in [5.41, 5.74) is 0.985. The third-order valence-electron chi connectivity index (χ3n) is 2.75. The molecule has 18 heavy (non-hydrogen) atoms. The molecule has 0 aliphatic rings. The zero-order valence-electron chi connectivity index (χ0n) is 11.5. The summed E-state index contributed by atoms with van der Waals surface area (Å²) in [6, 6.07) is 4.32. The quantitative estimate of drug-likeness (QED) is 0.597. The molecule has 3 heteroatoms. The van der Waals surface area contributed by atoms with E-state index < -0.39 is 5.82 Å². The monoisotopic (exact) mass is 249 g/mol. The zero-order chi connectivity index (χ0) is 13.9. The molecule has 0 aliphatic heterocycles. The van der Waals surface area contributed by atoms with Crippen LogP contribution in [0.5, 0.6) is 0 Å². The Hall–Kier alpha value is -1.64. The van der Waals surface area contributed by atoms with Crippen molar-refractivity contribution in [3.05, 3.63) is 42.2 Å². The van der Waals surface area contributed by atoms with Gasteiger partial charge in [-0.25, -0.2) is 4.39 Å². The normalized spacial score (nSPS) is 11.2. The van der Waals surface area contributed by atoms with Crippen LogP contribution in [0.2, 0.25) is 0 Å². The van der Waals surface area contributed by atoms with E-state index in [4.69, 9.17) is 0 Å². The van der Waals surface area contributed by atoms with Crippen LogP contribution in [0.1, 0.15) is 38.1 Å². The number of ketones is 1. The highest BCUT2D eigenvalue weighted by molar-refractivity contribution is 5.99. The van der Waals surface area contributed by atoms with Crippen LogP contribution in [0.4, 0.5) is 10.1 Å². The lowest BCUT2D eigenvalue weighted by molar-refractivity contribution is 0.101. The van der Waals surface area contributed by atoms with Gasteiger partial charge in [-0.2, -0.15) is 0 Å². The first-order valence-electron chi connectivity index (χ1n) is 5.96. The van der Waals surface area contributed by atoms with Crippen molar-refractivity contribution in [1.29, 1.82) is 0 Å². The minimum absolute atomic E-state index is 0.136. The van der Waals surface area contributed by atoms with E-state index >= 15 is 0 Å². The van der Waals surface area contributed by atoms with E-state index in [1.807, 2.05) is 25.7 Å². The molecule has 1 aromatic carbocycles. The second-order valence-electron chi connectivity index (χ2n) is 5.29. The van der Waals surface area contributed by atoms with Crippen LogP contribution in [-0.4, -0.2) is 17.9 Å². The van der Waals surface area contributed by atoms with Crippen molar-refractivity contribution in [3.63, 3.8) is 0 Å². The third kappa shape index (κ3) is 3.19. The number of halogens is 1. The van der Waals surface area contributed by atoms with Gasteiger partial charge in [-0.15, -0.1) is 6.58 Å². The van der Waals surface area contributed by atoms with E-state index in [0.717, 1.165) is 5.69 Å². The molecule has 0 saturated heterocycles. The SMILES string of the molecule is C=CCN(c1ccc(F)cc1C(C)=O)C(C)(C)C. The zero-order valence-corrected chi connectivity index (χ0v) is 11.5. The van der Waals surface area contributed by atoms with Gasteiger partial charge in [0.05, 0.1) is 0 Å². The lowest BCUT2D eigenvalue weighted by atomic mass is 10.0. The van der Waals surface area contributed by atoms with Crippen LogP contribution in [-0.2, 0) is 0 Å². The number of anilines is 1. The number of benzene rings is 1. The molecular weight excluding hydrogens is 229 g/mol. The molecule has 1 aromatic rings. The number of carbonyl (C=O) groups excluding carboxylic acids is 1. The van der Waals surface area contributed by atoms with Crippen molar-refractivity contribution in [2.24, 2.45) is 0 Å². The number of hydrogen-bond donors (Lipinski definition) is 0. The molecule has 0 atom stereocenters. The fourth-order valence-corrected chi connectivity index (χ4v) is 1.89. The van der Waals surface area contributed by atoms with Crippen LogP contribution in [0.15, 0.2) is 30.9 Å². The summed E-state index contributed by atoms with van der Waals surface area (Å²) in [7, 11) is 0. The predicted molar refractivity (Wildman–Crippen MR) is 73.7 cm³/mol. The Balaban J connectivity index is 3.36. The summed E-state index contributed by atoms with van der Waals surface area (Å²) >= 11 is 0. The van der Waals surface area contributed by atoms with Crippen LogP contribution in [0.3, 0.4) is 0 Å². The smallest absolute Gasteiger partial charge is 0.161 e. The van der Waals surface area contributed by atoms with Gasteiger partial charge >= 0.3 is 0 Å². The average molecular weight is 249 g/mol. The van der Waals surface area contributed by atoms with Crippen LogP contribution >= 0.6 is 0 Å². The van der Waals surface area contributed by atoms with Gasteiger partial charge < -0.3 is 4.90 Å². The first kappa shape index (κ1) is 14.4. The van der Waals surface area contributed by atoms with Gasteiger partial charge in [-0.3, -0.25) is 4.79 Å². The van der Waals surface area contributed by atoms with Crippen molar-refractivity contribution in [2.45, 2.75) is 33.2 Å². The summed E-state index contributed by atoms with van der Waals surface area (Å²) in [5.74, 6) is -0.528. The van der Waals surface area contributed by atoms with Crippen molar-refractivity contribution in [1.82, 2.24) is 0 Å². The summed E-state index contributed by atoms with van der Waals surface area (Å²) in [6.07, 6.45) is 1.78. The van der Waals surface area contributed by atoms with Gasteiger partial charge in [0, 0.05) is 23.3 Å². The van der Waals surface area contributed by atoms with Crippen molar-refractivity contribution in [3.8, 4) is 0 Å². The first-order valence-corrected chi connectivity index (χ1v) is 5.96. The van der Waals surface area contributed by atoms with Gasteiger partial charge in [-0.1, -0.05) is 6.08 Å². The lowest BCUT2D eigenvalue weighted by Crippen LogP contribution is -2.42. The summed E-state index contributed by atoms with van der Waals surface area (Å²) in [4.78, 5) is 13.7. The highest BCUT2D eigenvalue weighted by Crippen LogP contribution is 2.28. The highest BCUT2D eigenvalue weighted by atomic mass is 19.1. The van der Waals surface area contributed by atoms with Crippen LogP contribution in [0.25, 0.3) is 0 Å². The number of carbonyl (C=O) groups is 1. The molecule has 0 amide bonds. The predicted octanol–water partition coefficient (Wildman–Crippen LogP) is 3.82. The topological polar surface area (TPSA) is 20.3 Å². The van der Waals surface area contributed by atoms with Gasteiger partial charge in [-0.05, 0) is 45.9 Å². The Labute approximate surface area is 108 Å². The Morgan fingerprint density at radius 3 is 2.50 bits per heavy atom.